The van der Waals surface area contributed by atoms with E-state index in [1.165, 1.54) is 5.56 Å². The normalized spacial score (nSPS) is 12.7. The number of carbonyl (C=O) groups excluding carboxylic acids is 2. The van der Waals surface area contributed by atoms with Gasteiger partial charge in [0, 0.05) is 29.7 Å². The molecular formula is C25H34N2O3S. The van der Waals surface area contributed by atoms with Crippen LogP contribution in [0.1, 0.15) is 44.7 Å². The molecule has 0 unspecified atom stereocenters. The van der Waals surface area contributed by atoms with Gasteiger partial charge in [0.15, 0.2) is 0 Å². The number of thioether (sulfide) groups is 1. The number of carbonyl (C=O) groups is 2. The molecule has 2 aromatic rings. The highest BCUT2D eigenvalue weighted by molar-refractivity contribution is 7.99. The fourth-order valence-corrected chi connectivity index (χ4v) is 3.85. The van der Waals surface area contributed by atoms with Crippen LogP contribution in [-0.4, -0.2) is 41.7 Å². The van der Waals surface area contributed by atoms with Crippen LogP contribution in [0.4, 0.5) is 0 Å². The van der Waals surface area contributed by atoms with Crippen molar-refractivity contribution in [1.82, 2.24) is 10.2 Å². The molecule has 0 spiro atoms. The molecule has 31 heavy (non-hydrogen) atoms. The van der Waals surface area contributed by atoms with Crippen molar-refractivity contribution < 1.29 is 14.3 Å². The van der Waals surface area contributed by atoms with E-state index < -0.39 is 6.04 Å². The summed E-state index contributed by atoms with van der Waals surface area (Å²) < 4.78 is 5.22. The summed E-state index contributed by atoms with van der Waals surface area (Å²) in [5.74, 6) is 1.28. The fraction of sp³-hybridized carbons (Fsp3) is 0.440. The summed E-state index contributed by atoms with van der Waals surface area (Å²) in [7, 11) is 1.62. The standard InChI is InChI=1S/C25H34N2O3S/c1-6-19(3)26-25(29)20(4)27(17-21-9-11-22(30-5)12-10-21)24(28)15-16-31-23-13-7-18(2)8-14-23/h7-14,19-20H,6,15-17H2,1-5H3,(H,26,29)/t19-,20-/m1/s1. The van der Waals surface area contributed by atoms with Crippen LogP contribution in [0.3, 0.4) is 0 Å². The summed E-state index contributed by atoms with van der Waals surface area (Å²) in [6.45, 7) is 8.23. The lowest BCUT2D eigenvalue weighted by Gasteiger charge is -2.29. The Morgan fingerprint density at radius 2 is 1.71 bits per heavy atom. The van der Waals surface area contributed by atoms with Crippen molar-refractivity contribution in [3.05, 3.63) is 59.7 Å². The first-order valence-electron chi connectivity index (χ1n) is 10.8. The van der Waals surface area contributed by atoms with Crippen LogP contribution < -0.4 is 10.1 Å². The van der Waals surface area contributed by atoms with E-state index in [-0.39, 0.29) is 17.9 Å². The maximum absolute atomic E-state index is 13.1. The van der Waals surface area contributed by atoms with Crippen molar-refractivity contribution in [2.45, 2.75) is 64.1 Å². The molecular weight excluding hydrogens is 408 g/mol. The van der Waals surface area contributed by atoms with E-state index in [4.69, 9.17) is 4.74 Å². The van der Waals surface area contributed by atoms with Crippen molar-refractivity contribution in [3.63, 3.8) is 0 Å². The van der Waals surface area contributed by atoms with Crippen molar-refractivity contribution in [3.8, 4) is 5.75 Å². The third-order valence-corrected chi connectivity index (χ3v) is 6.30. The number of nitrogens with zero attached hydrogens (tertiary/aromatic N) is 1. The zero-order valence-electron chi connectivity index (χ0n) is 19.2. The number of aryl methyl sites for hydroxylation is 1. The molecule has 168 valence electrons. The van der Waals surface area contributed by atoms with Gasteiger partial charge in [-0.3, -0.25) is 9.59 Å². The van der Waals surface area contributed by atoms with Crippen LogP contribution in [-0.2, 0) is 16.1 Å². The van der Waals surface area contributed by atoms with Gasteiger partial charge < -0.3 is 15.0 Å². The Kier molecular flexibility index (Phi) is 9.92. The molecule has 2 atom stereocenters. The van der Waals surface area contributed by atoms with Gasteiger partial charge in [-0.05, 0) is 57.0 Å². The first-order valence-corrected chi connectivity index (χ1v) is 11.7. The molecule has 0 radical (unpaired) electrons. The average molecular weight is 443 g/mol. The van der Waals surface area contributed by atoms with Crippen molar-refractivity contribution in [2.75, 3.05) is 12.9 Å². The number of hydrogen-bond donors (Lipinski definition) is 1. The summed E-state index contributed by atoms with van der Waals surface area (Å²) >= 11 is 1.66. The SMILES string of the molecule is CC[C@@H](C)NC(=O)[C@@H](C)N(Cc1ccc(OC)cc1)C(=O)CCSc1ccc(C)cc1. The topological polar surface area (TPSA) is 58.6 Å². The first-order chi connectivity index (χ1) is 14.8. The fourth-order valence-electron chi connectivity index (χ4n) is 3.01. The van der Waals surface area contributed by atoms with Crippen LogP contribution in [0.15, 0.2) is 53.4 Å². The Balaban J connectivity index is 2.07. The van der Waals surface area contributed by atoms with Crippen LogP contribution in [0.25, 0.3) is 0 Å². The van der Waals surface area contributed by atoms with Crippen molar-refractivity contribution in [1.29, 1.82) is 0 Å². The highest BCUT2D eigenvalue weighted by atomic mass is 32.2. The lowest BCUT2D eigenvalue weighted by molar-refractivity contribution is -0.140. The van der Waals surface area contributed by atoms with Gasteiger partial charge in [-0.15, -0.1) is 11.8 Å². The van der Waals surface area contributed by atoms with Crippen LogP contribution in [0.5, 0.6) is 5.75 Å². The van der Waals surface area contributed by atoms with E-state index >= 15 is 0 Å². The third-order valence-electron chi connectivity index (χ3n) is 5.29. The predicted octanol–water partition coefficient (Wildman–Crippen LogP) is 4.82. The minimum absolute atomic E-state index is 0.0257. The number of benzene rings is 2. The summed E-state index contributed by atoms with van der Waals surface area (Å²) in [6.07, 6.45) is 1.22. The summed E-state index contributed by atoms with van der Waals surface area (Å²) in [6, 6.07) is 15.4. The van der Waals surface area contributed by atoms with E-state index in [1.807, 2.05) is 38.1 Å². The van der Waals surface area contributed by atoms with Gasteiger partial charge in [-0.2, -0.15) is 0 Å². The highest BCUT2D eigenvalue weighted by Gasteiger charge is 2.26. The molecule has 0 aliphatic carbocycles. The second kappa shape index (κ2) is 12.4. The molecule has 0 aliphatic heterocycles. The van der Waals surface area contributed by atoms with E-state index in [9.17, 15) is 9.59 Å². The Labute approximate surface area is 190 Å². The molecule has 0 saturated heterocycles. The second-order valence-electron chi connectivity index (χ2n) is 7.78. The van der Waals surface area contributed by atoms with Gasteiger partial charge in [-0.1, -0.05) is 36.8 Å². The van der Waals surface area contributed by atoms with E-state index in [1.54, 1.807) is 30.7 Å². The van der Waals surface area contributed by atoms with Gasteiger partial charge in [0.1, 0.15) is 11.8 Å². The van der Waals surface area contributed by atoms with E-state index in [0.717, 1.165) is 22.6 Å². The largest absolute Gasteiger partial charge is 0.497 e. The maximum Gasteiger partial charge on any atom is 0.242 e. The molecule has 2 rings (SSSR count). The number of rotatable bonds is 11. The second-order valence-corrected chi connectivity index (χ2v) is 8.94. The molecule has 0 fully saturated rings. The molecule has 6 heteroatoms. The molecule has 2 amide bonds. The lowest BCUT2D eigenvalue weighted by atomic mass is 10.1. The minimum Gasteiger partial charge on any atom is -0.497 e. The van der Waals surface area contributed by atoms with Gasteiger partial charge in [0.2, 0.25) is 11.8 Å². The number of hydrogen-bond acceptors (Lipinski definition) is 4. The third kappa shape index (κ3) is 7.94. The summed E-state index contributed by atoms with van der Waals surface area (Å²) in [5, 5.41) is 3.00. The van der Waals surface area contributed by atoms with E-state index in [0.29, 0.717) is 18.7 Å². The molecule has 0 aromatic heterocycles. The monoisotopic (exact) mass is 442 g/mol. The van der Waals surface area contributed by atoms with Crippen LogP contribution in [0.2, 0.25) is 0 Å². The molecule has 5 nitrogen and oxygen atoms in total. The Hall–Kier alpha value is -2.47. The predicted molar refractivity (Wildman–Crippen MR) is 127 cm³/mol. The number of ether oxygens (including phenoxy) is 1. The van der Waals surface area contributed by atoms with Crippen LogP contribution in [0, 0.1) is 6.92 Å². The molecule has 2 aromatic carbocycles. The summed E-state index contributed by atoms with van der Waals surface area (Å²) in [4.78, 5) is 28.7. The molecule has 1 N–H and O–H groups in total. The number of methoxy groups -OCH3 is 1. The van der Waals surface area contributed by atoms with Crippen molar-refractivity contribution >= 4 is 23.6 Å². The van der Waals surface area contributed by atoms with Gasteiger partial charge in [0.05, 0.1) is 7.11 Å². The molecule has 0 bridgehead atoms. The molecule has 0 saturated carbocycles. The number of amides is 2. The van der Waals surface area contributed by atoms with E-state index in [2.05, 4.69) is 36.5 Å². The average Bonchev–Trinajstić information content (AvgIpc) is 2.78. The zero-order chi connectivity index (χ0) is 22.8. The highest BCUT2D eigenvalue weighted by Crippen LogP contribution is 2.21. The zero-order valence-corrected chi connectivity index (χ0v) is 20.0. The molecule has 0 aliphatic rings. The van der Waals surface area contributed by atoms with Crippen LogP contribution >= 0.6 is 11.8 Å². The minimum atomic E-state index is -0.548. The maximum atomic E-state index is 13.1. The lowest BCUT2D eigenvalue weighted by Crippen LogP contribution is -2.49. The van der Waals surface area contributed by atoms with Gasteiger partial charge >= 0.3 is 0 Å². The smallest absolute Gasteiger partial charge is 0.242 e. The first kappa shape index (κ1) is 24.8. The van der Waals surface area contributed by atoms with Crippen molar-refractivity contribution in [2.24, 2.45) is 0 Å². The summed E-state index contributed by atoms with van der Waals surface area (Å²) in [5.41, 5.74) is 2.18. The Morgan fingerprint density at radius 1 is 1.06 bits per heavy atom. The van der Waals surface area contributed by atoms with Gasteiger partial charge in [0.25, 0.3) is 0 Å². The van der Waals surface area contributed by atoms with Gasteiger partial charge in [-0.25, -0.2) is 0 Å². The molecule has 0 heterocycles. The quantitative estimate of drug-likeness (QED) is 0.507. The Morgan fingerprint density at radius 3 is 2.29 bits per heavy atom. The Bertz CT molecular complexity index is 837. The number of nitrogens with one attached hydrogen (secondary N) is 1.